The summed E-state index contributed by atoms with van der Waals surface area (Å²) in [6.07, 6.45) is 1.90. The van der Waals surface area contributed by atoms with Gasteiger partial charge in [-0.05, 0) is 37.8 Å². The van der Waals surface area contributed by atoms with Crippen molar-refractivity contribution in [3.8, 4) is 0 Å². The summed E-state index contributed by atoms with van der Waals surface area (Å²) < 4.78 is 23.0. The number of nitrogens with one attached hydrogen (secondary N) is 1. The molecule has 0 aliphatic rings. The van der Waals surface area contributed by atoms with Crippen molar-refractivity contribution in [3.05, 3.63) is 17.7 Å². The van der Waals surface area contributed by atoms with Gasteiger partial charge in [0.15, 0.2) is 0 Å². The van der Waals surface area contributed by atoms with Gasteiger partial charge in [0.05, 0.1) is 10.5 Å². The summed E-state index contributed by atoms with van der Waals surface area (Å²) in [6, 6.07) is 2.95. The van der Waals surface area contributed by atoms with Gasteiger partial charge in [-0.25, -0.2) is 13.6 Å². The van der Waals surface area contributed by atoms with Crippen LogP contribution in [0.2, 0.25) is 0 Å². The molecule has 1 rings (SSSR count). The highest BCUT2D eigenvalue weighted by atomic mass is 32.2. The van der Waals surface area contributed by atoms with E-state index in [2.05, 4.69) is 5.32 Å². The molecule has 114 valence electrons. The Morgan fingerprint density at radius 3 is 2.55 bits per heavy atom. The molecular formula is C12H21N3O3S2. The smallest absolute Gasteiger partial charge is 0.238 e. The van der Waals surface area contributed by atoms with Gasteiger partial charge >= 0.3 is 0 Å². The lowest BCUT2D eigenvalue weighted by atomic mass is 10.1. The Morgan fingerprint density at radius 2 is 2.05 bits per heavy atom. The van der Waals surface area contributed by atoms with E-state index in [9.17, 15) is 13.5 Å². The van der Waals surface area contributed by atoms with E-state index in [1.54, 1.807) is 19.9 Å². The Hall–Kier alpha value is -0.960. The molecule has 0 saturated heterocycles. The molecule has 1 atom stereocenters. The third-order valence-electron chi connectivity index (χ3n) is 2.80. The van der Waals surface area contributed by atoms with Gasteiger partial charge in [-0.15, -0.1) is 0 Å². The van der Waals surface area contributed by atoms with Gasteiger partial charge in [0.2, 0.25) is 10.0 Å². The summed E-state index contributed by atoms with van der Waals surface area (Å²) in [5.74, 6) is 0.559. The number of primary sulfonamides is 1. The Morgan fingerprint density at radius 1 is 1.45 bits per heavy atom. The van der Waals surface area contributed by atoms with Crippen LogP contribution < -0.4 is 16.2 Å². The van der Waals surface area contributed by atoms with Gasteiger partial charge < -0.3 is 16.2 Å². The third-order valence-corrected chi connectivity index (χ3v) is 4.75. The zero-order valence-electron chi connectivity index (χ0n) is 11.8. The first-order valence-corrected chi connectivity index (χ1v) is 8.89. The lowest BCUT2D eigenvalue weighted by Gasteiger charge is -2.24. The average molecular weight is 319 g/mol. The van der Waals surface area contributed by atoms with Gasteiger partial charge in [0, 0.05) is 23.7 Å². The molecule has 8 heteroatoms. The summed E-state index contributed by atoms with van der Waals surface area (Å²) >= 11 is 1.53. The molecule has 0 fully saturated rings. The number of aliphatic hydroxyl groups is 1. The second-order valence-corrected chi connectivity index (χ2v) is 7.42. The fourth-order valence-electron chi connectivity index (χ4n) is 1.84. The highest BCUT2D eigenvalue weighted by molar-refractivity contribution is 7.98. The third kappa shape index (κ3) is 4.55. The van der Waals surface area contributed by atoms with Crippen LogP contribution in [-0.2, 0) is 10.0 Å². The molecule has 0 heterocycles. The highest BCUT2D eigenvalue weighted by Crippen LogP contribution is 2.26. The zero-order chi connectivity index (χ0) is 15.6. The van der Waals surface area contributed by atoms with E-state index >= 15 is 0 Å². The first kappa shape index (κ1) is 17.1. The number of anilines is 2. The van der Waals surface area contributed by atoms with E-state index in [-0.39, 0.29) is 11.4 Å². The molecule has 0 bridgehead atoms. The van der Waals surface area contributed by atoms with Crippen molar-refractivity contribution < 1.29 is 13.5 Å². The normalized spacial score (nSPS) is 14.8. The first-order chi connectivity index (χ1) is 9.07. The van der Waals surface area contributed by atoms with E-state index in [1.165, 1.54) is 17.8 Å². The minimum Gasteiger partial charge on any atom is -0.399 e. The molecule has 0 aliphatic heterocycles. The maximum absolute atomic E-state index is 11.5. The fourth-order valence-corrected chi connectivity index (χ4v) is 3.40. The summed E-state index contributed by atoms with van der Waals surface area (Å²) in [7, 11) is -3.83. The second-order valence-electron chi connectivity index (χ2n) is 5.02. The van der Waals surface area contributed by atoms with Gasteiger partial charge in [-0.1, -0.05) is 0 Å². The number of sulfonamides is 1. The van der Waals surface area contributed by atoms with Crippen LogP contribution in [-0.4, -0.2) is 37.7 Å². The minimum atomic E-state index is -3.83. The van der Waals surface area contributed by atoms with Gasteiger partial charge in [0.25, 0.3) is 0 Å². The fraction of sp³-hybridized carbons (Fsp3) is 0.500. The van der Waals surface area contributed by atoms with E-state index in [0.717, 1.165) is 0 Å². The van der Waals surface area contributed by atoms with Crippen molar-refractivity contribution in [3.63, 3.8) is 0 Å². The molecule has 0 aliphatic carbocycles. The van der Waals surface area contributed by atoms with Crippen LogP contribution in [0.15, 0.2) is 17.0 Å². The number of rotatable bonds is 6. The van der Waals surface area contributed by atoms with Crippen molar-refractivity contribution in [1.29, 1.82) is 0 Å². The second kappa shape index (κ2) is 6.21. The van der Waals surface area contributed by atoms with E-state index in [4.69, 9.17) is 10.9 Å². The molecule has 0 amide bonds. The molecule has 1 aromatic carbocycles. The van der Waals surface area contributed by atoms with Gasteiger partial charge in [0.1, 0.15) is 0 Å². The Labute approximate surface area is 124 Å². The van der Waals surface area contributed by atoms with Crippen LogP contribution in [0, 0.1) is 6.92 Å². The van der Waals surface area contributed by atoms with E-state index < -0.39 is 15.6 Å². The van der Waals surface area contributed by atoms with Crippen LogP contribution in [0.4, 0.5) is 11.4 Å². The maximum Gasteiger partial charge on any atom is 0.238 e. The van der Waals surface area contributed by atoms with E-state index in [0.29, 0.717) is 22.7 Å². The molecule has 0 aromatic heterocycles. The Bertz CT molecular complexity index is 586. The van der Waals surface area contributed by atoms with Gasteiger partial charge in [-0.3, -0.25) is 0 Å². The van der Waals surface area contributed by atoms with Crippen molar-refractivity contribution in [2.45, 2.75) is 24.3 Å². The number of nitrogens with two attached hydrogens (primary N) is 2. The predicted molar refractivity (Wildman–Crippen MR) is 84.5 cm³/mol. The number of thioether (sulfide) groups is 1. The van der Waals surface area contributed by atoms with Crippen LogP contribution in [0.3, 0.4) is 0 Å². The summed E-state index contributed by atoms with van der Waals surface area (Å²) in [5.41, 5.74) is 6.13. The predicted octanol–water partition coefficient (Wildman–Crippen LogP) is 0.751. The largest absolute Gasteiger partial charge is 0.399 e. The quantitative estimate of drug-likeness (QED) is 0.575. The van der Waals surface area contributed by atoms with Crippen molar-refractivity contribution in [1.82, 2.24) is 0 Å². The SMILES string of the molecule is CSCC(C)(O)CNc1cc(N)cc(S(N)(=O)=O)c1C. The molecule has 0 radical (unpaired) electrons. The van der Waals surface area contributed by atoms with Crippen LogP contribution in [0.1, 0.15) is 12.5 Å². The number of hydrogen-bond donors (Lipinski definition) is 4. The number of hydrogen-bond acceptors (Lipinski definition) is 6. The van der Waals surface area contributed by atoms with E-state index in [1.807, 2.05) is 6.26 Å². The van der Waals surface area contributed by atoms with Crippen molar-refractivity contribution >= 4 is 33.2 Å². The minimum absolute atomic E-state index is 0.00971. The standard InChI is InChI=1S/C12H21N3O3S2/c1-8-10(15-6-12(2,16)7-19-3)4-9(13)5-11(8)20(14,17)18/h4-5,15-16H,6-7,13H2,1-3H3,(H2,14,17,18). The number of nitrogen functional groups attached to an aromatic ring is 1. The molecule has 0 saturated carbocycles. The maximum atomic E-state index is 11.5. The van der Waals surface area contributed by atoms with Crippen LogP contribution >= 0.6 is 11.8 Å². The molecule has 1 aromatic rings. The molecule has 1 unspecified atom stereocenters. The molecule has 6 nitrogen and oxygen atoms in total. The summed E-state index contributed by atoms with van der Waals surface area (Å²) in [6.45, 7) is 3.63. The number of benzene rings is 1. The van der Waals surface area contributed by atoms with Crippen LogP contribution in [0.5, 0.6) is 0 Å². The monoisotopic (exact) mass is 319 g/mol. The molecule has 20 heavy (non-hydrogen) atoms. The summed E-state index contributed by atoms with van der Waals surface area (Å²) in [5, 5.41) is 18.3. The van der Waals surface area contributed by atoms with Crippen LogP contribution in [0.25, 0.3) is 0 Å². The van der Waals surface area contributed by atoms with Crippen molar-refractivity contribution in [2.24, 2.45) is 5.14 Å². The Kier molecular flexibility index (Phi) is 5.31. The molecule has 0 spiro atoms. The van der Waals surface area contributed by atoms with Crippen molar-refractivity contribution in [2.75, 3.05) is 29.6 Å². The topological polar surface area (TPSA) is 118 Å². The lowest BCUT2D eigenvalue weighted by Crippen LogP contribution is -2.36. The highest BCUT2D eigenvalue weighted by Gasteiger charge is 2.21. The average Bonchev–Trinajstić information content (AvgIpc) is 2.28. The van der Waals surface area contributed by atoms with Gasteiger partial charge in [-0.2, -0.15) is 11.8 Å². The zero-order valence-corrected chi connectivity index (χ0v) is 13.4. The summed E-state index contributed by atoms with van der Waals surface area (Å²) in [4.78, 5) is -0.00971. The first-order valence-electron chi connectivity index (χ1n) is 5.95. The molecule has 6 N–H and O–H groups in total. The molecular weight excluding hydrogens is 298 g/mol. The Balaban J connectivity index is 3.06. The lowest BCUT2D eigenvalue weighted by molar-refractivity contribution is 0.0997.